The lowest BCUT2D eigenvalue weighted by molar-refractivity contribution is -0.141. The van der Waals surface area contributed by atoms with Crippen LogP contribution in [-0.4, -0.2) is 32.0 Å². The number of amides is 2. The van der Waals surface area contributed by atoms with Gasteiger partial charge < -0.3 is 10.6 Å². The van der Waals surface area contributed by atoms with Crippen LogP contribution in [0.25, 0.3) is 0 Å². The SMILES string of the molecule is O=C(Nc1c[nH]nc1C(=O)Nc1ccc(C(F)(F)F)nc1)c1cncc(Cl)c1. The number of anilines is 2. The highest BCUT2D eigenvalue weighted by atomic mass is 35.5. The Labute approximate surface area is 160 Å². The van der Waals surface area contributed by atoms with E-state index in [1.54, 1.807) is 0 Å². The molecule has 0 saturated carbocycles. The number of halogens is 4. The maximum absolute atomic E-state index is 12.5. The fourth-order valence-corrected chi connectivity index (χ4v) is 2.29. The molecule has 0 spiro atoms. The van der Waals surface area contributed by atoms with Gasteiger partial charge in [0.15, 0.2) is 5.69 Å². The molecule has 3 aromatic rings. The van der Waals surface area contributed by atoms with Crippen molar-refractivity contribution in [3.63, 3.8) is 0 Å². The summed E-state index contributed by atoms with van der Waals surface area (Å²) in [5.41, 5.74) is -1.02. The molecule has 12 heteroatoms. The van der Waals surface area contributed by atoms with Crippen LogP contribution in [0, 0.1) is 0 Å². The van der Waals surface area contributed by atoms with E-state index in [1.165, 1.54) is 24.7 Å². The van der Waals surface area contributed by atoms with E-state index in [-0.39, 0.29) is 27.7 Å². The number of aromatic amines is 1. The van der Waals surface area contributed by atoms with Crippen molar-refractivity contribution in [1.29, 1.82) is 0 Å². The van der Waals surface area contributed by atoms with Crippen LogP contribution in [0.4, 0.5) is 24.5 Å². The van der Waals surface area contributed by atoms with E-state index < -0.39 is 23.7 Å². The maximum Gasteiger partial charge on any atom is 0.433 e. The minimum atomic E-state index is -4.59. The molecular formula is C16H10ClF3N6O2. The average Bonchev–Trinajstić information content (AvgIpc) is 3.09. The fourth-order valence-electron chi connectivity index (χ4n) is 2.11. The van der Waals surface area contributed by atoms with Crippen molar-refractivity contribution in [3.8, 4) is 0 Å². The first-order chi connectivity index (χ1) is 13.2. The molecule has 144 valence electrons. The molecule has 0 aromatic carbocycles. The fraction of sp³-hybridized carbons (Fsp3) is 0.0625. The first-order valence-electron chi connectivity index (χ1n) is 7.54. The van der Waals surface area contributed by atoms with Crippen molar-refractivity contribution in [2.24, 2.45) is 0 Å². The number of nitrogens with one attached hydrogen (secondary N) is 3. The van der Waals surface area contributed by atoms with Crippen LogP contribution >= 0.6 is 11.6 Å². The van der Waals surface area contributed by atoms with Gasteiger partial charge in [0.05, 0.1) is 28.2 Å². The predicted molar refractivity (Wildman–Crippen MR) is 93.0 cm³/mol. The first-order valence-corrected chi connectivity index (χ1v) is 7.92. The molecule has 0 bridgehead atoms. The molecule has 0 fully saturated rings. The third-order valence-electron chi connectivity index (χ3n) is 3.38. The van der Waals surface area contributed by atoms with Crippen molar-refractivity contribution < 1.29 is 22.8 Å². The Morgan fingerprint density at radius 3 is 2.50 bits per heavy atom. The van der Waals surface area contributed by atoms with Crippen LogP contribution < -0.4 is 10.6 Å². The minimum Gasteiger partial charge on any atom is -0.319 e. The van der Waals surface area contributed by atoms with Gasteiger partial charge >= 0.3 is 6.18 Å². The minimum absolute atomic E-state index is 0.0253. The van der Waals surface area contributed by atoms with Gasteiger partial charge in [-0.2, -0.15) is 18.3 Å². The second-order valence-electron chi connectivity index (χ2n) is 5.38. The summed E-state index contributed by atoms with van der Waals surface area (Å²) in [5, 5.41) is 11.2. The highest BCUT2D eigenvalue weighted by Gasteiger charge is 2.32. The zero-order valence-electron chi connectivity index (χ0n) is 13.7. The lowest BCUT2D eigenvalue weighted by atomic mass is 10.2. The smallest absolute Gasteiger partial charge is 0.319 e. The van der Waals surface area contributed by atoms with Gasteiger partial charge in [0.2, 0.25) is 0 Å². The molecule has 3 heterocycles. The topological polar surface area (TPSA) is 113 Å². The number of carbonyl (C=O) groups is 2. The Morgan fingerprint density at radius 2 is 1.86 bits per heavy atom. The highest BCUT2D eigenvalue weighted by Crippen LogP contribution is 2.28. The standard InChI is InChI=1S/C16H10ClF3N6O2/c17-9-3-8(4-21-5-9)14(27)25-11-7-23-26-13(11)15(28)24-10-1-2-12(22-6-10)16(18,19)20/h1-7H,(H,23,26)(H,24,28)(H,25,27). The average molecular weight is 411 g/mol. The number of H-pyrrole nitrogens is 1. The van der Waals surface area contributed by atoms with Gasteiger partial charge in [-0.3, -0.25) is 19.7 Å². The summed E-state index contributed by atoms with van der Waals surface area (Å²) in [7, 11) is 0. The molecular weight excluding hydrogens is 401 g/mol. The van der Waals surface area contributed by atoms with E-state index in [9.17, 15) is 22.8 Å². The largest absolute Gasteiger partial charge is 0.433 e. The van der Waals surface area contributed by atoms with E-state index in [2.05, 4.69) is 30.8 Å². The molecule has 0 aliphatic rings. The van der Waals surface area contributed by atoms with Crippen LogP contribution in [0.5, 0.6) is 0 Å². The quantitative estimate of drug-likeness (QED) is 0.610. The highest BCUT2D eigenvalue weighted by molar-refractivity contribution is 6.30. The van der Waals surface area contributed by atoms with Crippen molar-refractivity contribution in [3.05, 3.63) is 65.0 Å². The van der Waals surface area contributed by atoms with Gasteiger partial charge in [-0.05, 0) is 18.2 Å². The normalized spacial score (nSPS) is 11.1. The van der Waals surface area contributed by atoms with E-state index in [1.807, 2.05) is 0 Å². The van der Waals surface area contributed by atoms with Crippen LogP contribution in [0.1, 0.15) is 26.5 Å². The molecule has 28 heavy (non-hydrogen) atoms. The van der Waals surface area contributed by atoms with Crippen LogP contribution in [0.15, 0.2) is 43.0 Å². The molecule has 3 N–H and O–H groups in total. The van der Waals surface area contributed by atoms with Gasteiger partial charge in [0.25, 0.3) is 11.8 Å². The van der Waals surface area contributed by atoms with Crippen LogP contribution in [-0.2, 0) is 6.18 Å². The van der Waals surface area contributed by atoms with E-state index in [0.717, 1.165) is 18.3 Å². The zero-order chi connectivity index (χ0) is 20.3. The zero-order valence-corrected chi connectivity index (χ0v) is 14.5. The first kappa shape index (κ1) is 19.3. The van der Waals surface area contributed by atoms with Gasteiger partial charge in [-0.25, -0.2) is 4.98 Å². The molecule has 0 unspecified atom stereocenters. The van der Waals surface area contributed by atoms with Crippen LogP contribution in [0.2, 0.25) is 5.02 Å². The molecule has 3 aromatic heterocycles. The lowest BCUT2D eigenvalue weighted by Gasteiger charge is -2.08. The number of aromatic nitrogens is 4. The summed E-state index contributed by atoms with van der Waals surface area (Å²) < 4.78 is 37.6. The Bertz CT molecular complexity index is 1020. The van der Waals surface area contributed by atoms with Gasteiger partial charge in [-0.15, -0.1) is 0 Å². The summed E-state index contributed by atoms with van der Waals surface area (Å²) in [4.78, 5) is 31.6. The number of rotatable bonds is 4. The number of alkyl halides is 3. The third-order valence-corrected chi connectivity index (χ3v) is 3.59. The lowest BCUT2D eigenvalue weighted by Crippen LogP contribution is -2.18. The number of pyridine rings is 2. The van der Waals surface area contributed by atoms with Crippen molar-refractivity contribution >= 4 is 34.8 Å². The van der Waals surface area contributed by atoms with Crippen molar-refractivity contribution in [2.75, 3.05) is 10.6 Å². The van der Waals surface area contributed by atoms with E-state index >= 15 is 0 Å². The maximum atomic E-state index is 12.5. The Kier molecular flexibility index (Phi) is 5.27. The molecule has 0 radical (unpaired) electrons. The molecule has 0 saturated heterocycles. The summed E-state index contributed by atoms with van der Waals surface area (Å²) >= 11 is 5.78. The molecule has 8 nitrogen and oxygen atoms in total. The summed E-state index contributed by atoms with van der Waals surface area (Å²) in [6.45, 7) is 0. The Hall–Kier alpha value is -3.47. The monoisotopic (exact) mass is 410 g/mol. The van der Waals surface area contributed by atoms with Gasteiger partial charge in [-0.1, -0.05) is 11.6 Å². The van der Waals surface area contributed by atoms with Gasteiger partial charge in [0, 0.05) is 18.6 Å². The Morgan fingerprint density at radius 1 is 1.07 bits per heavy atom. The second-order valence-corrected chi connectivity index (χ2v) is 5.81. The summed E-state index contributed by atoms with van der Waals surface area (Å²) in [6.07, 6.45) is 0.193. The number of carbonyl (C=O) groups excluding carboxylic acids is 2. The number of hydrogen-bond donors (Lipinski definition) is 3. The molecule has 0 atom stereocenters. The molecule has 0 aliphatic heterocycles. The van der Waals surface area contributed by atoms with Crippen molar-refractivity contribution in [1.82, 2.24) is 20.2 Å². The number of nitrogens with zero attached hydrogens (tertiary/aromatic N) is 3. The van der Waals surface area contributed by atoms with Crippen LogP contribution in [0.3, 0.4) is 0 Å². The Balaban J connectivity index is 1.72. The second kappa shape index (κ2) is 7.64. The van der Waals surface area contributed by atoms with Gasteiger partial charge in [0.1, 0.15) is 5.69 Å². The summed E-state index contributed by atoms with van der Waals surface area (Å²) in [6, 6.07) is 3.17. The molecule has 0 aliphatic carbocycles. The van der Waals surface area contributed by atoms with E-state index in [4.69, 9.17) is 11.6 Å². The predicted octanol–water partition coefficient (Wildman–Crippen LogP) is 3.38. The molecule has 2 amide bonds. The van der Waals surface area contributed by atoms with E-state index in [0.29, 0.717) is 0 Å². The third kappa shape index (κ3) is 4.43. The van der Waals surface area contributed by atoms with Crippen molar-refractivity contribution in [2.45, 2.75) is 6.18 Å². The molecule has 3 rings (SSSR count). The summed E-state index contributed by atoms with van der Waals surface area (Å²) in [5.74, 6) is -1.34. The number of hydrogen-bond acceptors (Lipinski definition) is 5.